The number of ketones is 1. The normalized spacial score (nSPS) is 19.3. The number of nitriles is 1. The van der Waals surface area contributed by atoms with Crippen LogP contribution in [0, 0.1) is 23.2 Å². The summed E-state index contributed by atoms with van der Waals surface area (Å²) in [6, 6.07) is 14.6. The highest BCUT2D eigenvalue weighted by molar-refractivity contribution is 6.18. The van der Waals surface area contributed by atoms with E-state index >= 15 is 0 Å². The largest absolute Gasteiger partial charge is 0.382 e. The molecule has 7 heteroatoms. The highest BCUT2D eigenvalue weighted by Gasteiger charge is 2.35. The molecule has 3 aromatic rings. The zero-order chi connectivity index (χ0) is 24.5. The van der Waals surface area contributed by atoms with Crippen LogP contribution in [0.3, 0.4) is 0 Å². The van der Waals surface area contributed by atoms with Crippen molar-refractivity contribution in [2.24, 2.45) is 22.0 Å². The van der Waals surface area contributed by atoms with Gasteiger partial charge in [-0.2, -0.15) is 20.6 Å². The lowest BCUT2D eigenvalue weighted by Crippen LogP contribution is -2.31. The minimum atomic E-state index is 0.264. The number of hydrogen-bond donors (Lipinski definition) is 1. The van der Waals surface area contributed by atoms with Gasteiger partial charge in [-0.15, -0.1) is 0 Å². The lowest BCUT2D eigenvalue weighted by molar-refractivity contribution is -0.117. The number of rotatable bonds is 8. The number of fused-ring (bicyclic) bond motifs is 1. The van der Waals surface area contributed by atoms with Crippen LogP contribution >= 0.6 is 0 Å². The first-order valence-electron chi connectivity index (χ1n) is 12.3. The lowest BCUT2D eigenvalue weighted by atomic mass is 9.69. The van der Waals surface area contributed by atoms with E-state index in [1.54, 1.807) is 13.1 Å². The molecule has 2 aromatic heterocycles. The van der Waals surface area contributed by atoms with Crippen LogP contribution in [0.2, 0.25) is 0 Å². The second-order valence-corrected chi connectivity index (χ2v) is 10.1. The van der Waals surface area contributed by atoms with Gasteiger partial charge in [-0.1, -0.05) is 12.1 Å². The number of nitrogens with one attached hydrogen (secondary N) is 1. The van der Waals surface area contributed by atoms with Crippen molar-refractivity contribution in [1.82, 2.24) is 9.61 Å². The monoisotopic (exact) mass is 466 g/mol. The fourth-order valence-electron chi connectivity index (χ4n) is 5.06. The first kappa shape index (κ1) is 23.0. The third kappa shape index (κ3) is 4.74. The molecule has 3 heterocycles. The Kier molecular flexibility index (Phi) is 6.21. The lowest BCUT2D eigenvalue weighted by Gasteiger charge is -2.35. The van der Waals surface area contributed by atoms with Gasteiger partial charge in [0.25, 0.3) is 0 Å². The van der Waals surface area contributed by atoms with E-state index < -0.39 is 0 Å². The molecule has 0 spiro atoms. The highest BCUT2D eigenvalue weighted by Crippen LogP contribution is 2.40. The Morgan fingerprint density at radius 1 is 1.20 bits per heavy atom. The van der Waals surface area contributed by atoms with Crippen LogP contribution in [0.5, 0.6) is 0 Å². The van der Waals surface area contributed by atoms with E-state index in [0.29, 0.717) is 23.8 Å². The summed E-state index contributed by atoms with van der Waals surface area (Å²) < 4.78 is 1.86. The molecule has 1 saturated carbocycles. The molecule has 35 heavy (non-hydrogen) atoms. The standard InChI is InChI=1S/C28H30N6O/c1-17(2)31-26-13-21(28-9-7-23-12-20(15-29)16-30-34(23)28)6-8-24(26)27-14-25(32-33-27)22-10-19(11-22)5-4-18(3)35/h6-9,12-13,16-17,19,22,31H,4-5,10-11,14H2,1-3H3. The Morgan fingerprint density at radius 3 is 2.77 bits per heavy atom. The zero-order valence-corrected chi connectivity index (χ0v) is 20.5. The number of carbonyl (C=O) groups excluding carboxylic acids is 1. The van der Waals surface area contributed by atoms with Crippen LogP contribution in [-0.4, -0.2) is 32.9 Å². The number of Topliss-reactive ketones (excluding diaryl/α,β-unsaturated/α-hetero) is 1. The summed E-state index contributed by atoms with van der Waals surface area (Å²) >= 11 is 0. The molecule has 0 saturated heterocycles. The SMILES string of the molecule is CC(=O)CCC1CC(C2=NN=C(c3ccc(-c4ccc5cc(C#N)cnn45)cc3NC(C)C)C2)C1. The molecular weight excluding hydrogens is 436 g/mol. The highest BCUT2D eigenvalue weighted by atomic mass is 16.1. The number of nitrogens with zero attached hydrogens (tertiary/aromatic N) is 5. The van der Waals surface area contributed by atoms with E-state index in [0.717, 1.165) is 59.4 Å². The first-order chi connectivity index (χ1) is 16.9. The van der Waals surface area contributed by atoms with Gasteiger partial charge in [-0.3, -0.25) is 0 Å². The molecule has 1 aliphatic carbocycles. The van der Waals surface area contributed by atoms with Crippen LogP contribution in [0.25, 0.3) is 16.8 Å². The molecule has 2 aliphatic rings. The maximum atomic E-state index is 11.3. The van der Waals surface area contributed by atoms with E-state index in [1.165, 1.54) is 5.71 Å². The van der Waals surface area contributed by atoms with E-state index in [-0.39, 0.29) is 11.8 Å². The van der Waals surface area contributed by atoms with Crippen molar-refractivity contribution in [3.63, 3.8) is 0 Å². The van der Waals surface area contributed by atoms with Crippen molar-refractivity contribution in [2.75, 3.05) is 5.32 Å². The quantitative estimate of drug-likeness (QED) is 0.465. The number of anilines is 1. The number of benzene rings is 1. The summed E-state index contributed by atoms with van der Waals surface area (Å²) in [6.07, 6.45) is 6.30. The Labute approximate surface area is 205 Å². The van der Waals surface area contributed by atoms with E-state index in [2.05, 4.69) is 58.7 Å². The molecule has 1 aromatic carbocycles. The summed E-state index contributed by atoms with van der Waals surface area (Å²) in [6.45, 7) is 5.93. The van der Waals surface area contributed by atoms with Gasteiger partial charge in [0, 0.05) is 47.3 Å². The number of carbonyl (C=O) groups is 1. The third-order valence-corrected chi connectivity index (χ3v) is 6.96. The van der Waals surface area contributed by atoms with Crippen LogP contribution in [0.15, 0.2) is 52.8 Å². The second-order valence-electron chi connectivity index (χ2n) is 10.1. The summed E-state index contributed by atoms with van der Waals surface area (Å²) in [5.41, 5.74) is 7.74. The van der Waals surface area contributed by atoms with Crippen LogP contribution < -0.4 is 5.32 Å². The predicted octanol–water partition coefficient (Wildman–Crippen LogP) is 5.64. The molecule has 0 bridgehead atoms. The average molecular weight is 467 g/mol. The van der Waals surface area contributed by atoms with Gasteiger partial charge in [-0.05, 0) is 70.2 Å². The van der Waals surface area contributed by atoms with Gasteiger partial charge >= 0.3 is 0 Å². The Balaban J connectivity index is 1.35. The van der Waals surface area contributed by atoms with Crippen molar-refractivity contribution >= 4 is 28.4 Å². The van der Waals surface area contributed by atoms with Gasteiger partial charge < -0.3 is 10.1 Å². The van der Waals surface area contributed by atoms with Crippen LogP contribution in [0.4, 0.5) is 5.69 Å². The van der Waals surface area contributed by atoms with Crippen molar-refractivity contribution < 1.29 is 4.79 Å². The van der Waals surface area contributed by atoms with Gasteiger partial charge in [0.2, 0.25) is 0 Å². The molecule has 0 amide bonds. The maximum absolute atomic E-state index is 11.3. The molecule has 1 aliphatic heterocycles. The molecular formula is C28H30N6O. The molecule has 0 unspecified atom stereocenters. The molecule has 0 atom stereocenters. The maximum Gasteiger partial charge on any atom is 0.129 e. The van der Waals surface area contributed by atoms with Gasteiger partial charge in [-0.25, -0.2) is 4.52 Å². The fourth-order valence-corrected chi connectivity index (χ4v) is 5.06. The summed E-state index contributed by atoms with van der Waals surface area (Å²) in [5.74, 6) is 1.41. The minimum Gasteiger partial charge on any atom is -0.382 e. The third-order valence-electron chi connectivity index (χ3n) is 6.96. The second kappa shape index (κ2) is 9.46. The Morgan fingerprint density at radius 2 is 2.03 bits per heavy atom. The molecule has 1 fully saturated rings. The average Bonchev–Trinajstić information content (AvgIpc) is 3.44. The van der Waals surface area contributed by atoms with Crippen molar-refractivity contribution in [3.05, 3.63) is 53.7 Å². The molecule has 7 nitrogen and oxygen atoms in total. The first-order valence-corrected chi connectivity index (χ1v) is 12.3. The van der Waals surface area contributed by atoms with E-state index in [4.69, 9.17) is 5.26 Å². The predicted molar refractivity (Wildman–Crippen MR) is 139 cm³/mol. The Bertz CT molecular complexity index is 1380. The van der Waals surface area contributed by atoms with Gasteiger partial charge in [0.1, 0.15) is 11.9 Å². The van der Waals surface area contributed by atoms with Crippen LogP contribution in [-0.2, 0) is 4.79 Å². The van der Waals surface area contributed by atoms with Crippen molar-refractivity contribution in [3.8, 4) is 17.3 Å². The molecule has 0 radical (unpaired) electrons. The van der Waals surface area contributed by atoms with Gasteiger partial charge in [0.15, 0.2) is 0 Å². The van der Waals surface area contributed by atoms with E-state index in [1.807, 2.05) is 22.7 Å². The summed E-state index contributed by atoms with van der Waals surface area (Å²) in [7, 11) is 0. The van der Waals surface area contributed by atoms with Gasteiger partial charge in [0.05, 0.1) is 28.7 Å². The summed E-state index contributed by atoms with van der Waals surface area (Å²) in [4.78, 5) is 11.3. The Hall–Kier alpha value is -3.79. The molecule has 178 valence electrons. The number of aromatic nitrogens is 2. The topological polar surface area (TPSA) is 94.9 Å². The smallest absolute Gasteiger partial charge is 0.129 e. The van der Waals surface area contributed by atoms with Crippen molar-refractivity contribution in [2.45, 2.75) is 58.9 Å². The van der Waals surface area contributed by atoms with Crippen LogP contribution in [0.1, 0.15) is 64.0 Å². The molecule has 5 rings (SSSR count). The number of hydrogen-bond acceptors (Lipinski definition) is 6. The van der Waals surface area contributed by atoms with E-state index in [9.17, 15) is 4.79 Å². The minimum absolute atomic E-state index is 0.264. The summed E-state index contributed by atoms with van der Waals surface area (Å²) in [5, 5.41) is 26.4. The fraction of sp³-hybridized carbons (Fsp3) is 0.393. The zero-order valence-electron chi connectivity index (χ0n) is 20.5. The van der Waals surface area contributed by atoms with Crippen molar-refractivity contribution in [1.29, 1.82) is 5.26 Å². The molecule has 1 N–H and O–H groups in total.